The zero-order valence-corrected chi connectivity index (χ0v) is 15.4. The van der Waals surface area contributed by atoms with Crippen LogP contribution in [0.2, 0.25) is 0 Å². The second-order valence-corrected chi connectivity index (χ2v) is 6.88. The van der Waals surface area contributed by atoms with Gasteiger partial charge in [0.25, 0.3) is 0 Å². The molecule has 0 amide bonds. The van der Waals surface area contributed by atoms with E-state index in [1.165, 1.54) is 0 Å². The molecular formula is C15H29O7P. The molecule has 0 saturated carbocycles. The highest BCUT2D eigenvalue weighted by Gasteiger charge is 2.33. The SMILES string of the molecule is CCOC(=O)CCCC(CP(=O)(OCC)OCC)C(=O)OCC. The van der Waals surface area contributed by atoms with Crippen molar-refractivity contribution in [3.63, 3.8) is 0 Å². The fraction of sp³-hybridized carbons (Fsp3) is 0.867. The smallest absolute Gasteiger partial charge is 0.331 e. The fourth-order valence-electron chi connectivity index (χ4n) is 2.08. The number of ether oxygens (including phenoxy) is 2. The van der Waals surface area contributed by atoms with Crippen molar-refractivity contribution >= 4 is 19.5 Å². The molecule has 0 heterocycles. The zero-order valence-electron chi connectivity index (χ0n) is 14.5. The Kier molecular flexibility index (Phi) is 12.0. The van der Waals surface area contributed by atoms with Crippen molar-refractivity contribution < 1.29 is 32.7 Å². The third kappa shape index (κ3) is 9.74. The lowest BCUT2D eigenvalue weighted by Crippen LogP contribution is -2.23. The monoisotopic (exact) mass is 352 g/mol. The topological polar surface area (TPSA) is 88.1 Å². The Morgan fingerprint density at radius 1 is 0.913 bits per heavy atom. The van der Waals surface area contributed by atoms with Gasteiger partial charge in [0.15, 0.2) is 0 Å². The van der Waals surface area contributed by atoms with Crippen LogP contribution < -0.4 is 0 Å². The van der Waals surface area contributed by atoms with Crippen LogP contribution in [0, 0.1) is 5.92 Å². The van der Waals surface area contributed by atoms with Crippen LogP contribution in [0.4, 0.5) is 0 Å². The first-order chi connectivity index (χ1) is 10.9. The quantitative estimate of drug-likeness (QED) is 0.371. The van der Waals surface area contributed by atoms with Crippen LogP contribution in [0.1, 0.15) is 47.0 Å². The van der Waals surface area contributed by atoms with E-state index in [1.54, 1.807) is 27.7 Å². The van der Waals surface area contributed by atoms with E-state index in [1.807, 2.05) is 0 Å². The Morgan fingerprint density at radius 3 is 1.96 bits per heavy atom. The molecule has 0 aliphatic rings. The third-order valence-corrected chi connectivity index (χ3v) is 5.15. The second-order valence-electron chi connectivity index (χ2n) is 4.78. The Labute approximate surface area is 138 Å². The lowest BCUT2D eigenvalue weighted by Gasteiger charge is -2.22. The van der Waals surface area contributed by atoms with Gasteiger partial charge in [0.05, 0.1) is 38.5 Å². The summed E-state index contributed by atoms with van der Waals surface area (Å²) in [7, 11) is -3.35. The maximum absolute atomic E-state index is 12.6. The van der Waals surface area contributed by atoms with Crippen LogP contribution in [-0.2, 0) is 32.7 Å². The first-order valence-corrected chi connectivity index (χ1v) is 9.85. The molecule has 0 aromatic rings. The number of esters is 2. The Bertz CT molecular complexity index is 387. The molecule has 0 aromatic carbocycles. The third-order valence-electron chi connectivity index (χ3n) is 2.95. The summed E-state index contributed by atoms with van der Waals surface area (Å²) >= 11 is 0. The molecule has 0 bridgehead atoms. The van der Waals surface area contributed by atoms with Crippen molar-refractivity contribution in [2.45, 2.75) is 47.0 Å². The normalized spacial score (nSPS) is 12.7. The van der Waals surface area contributed by atoms with Crippen molar-refractivity contribution in [3.05, 3.63) is 0 Å². The molecule has 0 rings (SSSR count). The van der Waals surface area contributed by atoms with Gasteiger partial charge >= 0.3 is 19.5 Å². The van der Waals surface area contributed by atoms with Gasteiger partial charge in [-0.05, 0) is 40.5 Å². The summed E-state index contributed by atoms with van der Waals surface area (Å²) in [6.07, 6.45) is 0.968. The van der Waals surface area contributed by atoms with E-state index in [0.717, 1.165) is 0 Å². The highest BCUT2D eigenvalue weighted by molar-refractivity contribution is 7.53. The van der Waals surface area contributed by atoms with Crippen molar-refractivity contribution in [1.29, 1.82) is 0 Å². The van der Waals surface area contributed by atoms with Crippen molar-refractivity contribution in [3.8, 4) is 0 Å². The highest BCUT2D eigenvalue weighted by atomic mass is 31.2. The lowest BCUT2D eigenvalue weighted by molar-refractivity contribution is -0.148. The molecule has 0 N–H and O–H groups in total. The van der Waals surface area contributed by atoms with E-state index >= 15 is 0 Å². The van der Waals surface area contributed by atoms with Crippen LogP contribution in [0.5, 0.6) is 0 Å². The number of rotatable bonds is 13. The molecule has 0 spiro atoms. The minimum Gasteiger partial charge on any atom is -0.466 e. The minimum absolute atomic E-state index is 0.0453. The number of hydrogen-bond acceptors (Lipinski definition) is 7. The summed E-state index contributed by atoms with van der Waals surface area (Å²) in [4.78, 5) is 23.4. The molecular weight excluding hydrogens is 323 g/mol. The number of hydrogen-bond donors (Lipinski definition) is 0. The van der Waals surface area contributed by atoms with Gasteiger partial charge < -0.3 is 18.5 Å². The van der Waals surface area contributed by atoms with Gasteiger partial charge in [-0.25, -0.2) is 0 Å². The van der Waals surface area contributed by atoms with E-state index < -0.39 is 19.5 Å². The first kappa shape index (κ1) is 22.1. The number of carbonyl (C=O) groups is 2. The molecule has 8 heteroatoms. The maximum Gasteiger partial charge on any atom is 0.331 e. The molecule has 1 atom stereocenters. The van der Waals surface area contributed by atoms with Gasteiger partial charge in [-0.1, -0.05) is 0 Å². The molecule has 23 heavy (non-hydrogen) atoms. The Morgan fingerprint density at radius 2 is 1.48 bits per heavy atom. The molecule has 7 nitrogen and oxygen atoms in total. The van der Waals surface area contributed by atoms with Gasteiger partial charge in [-0.2, -0.15) is 0 Å². The van der Waals surface area contributed by atoms with Crippen molar-refractivity contribution in [2.75, 3.05) is 32.6 Å². The predicted octanol–water partition coefficient (Wildman–Crippen LogP) is 3.17. The summed E-state index contributed by atoms with van der Waals surface area (Å²) < 4.78 is 32.9. The molecule has 0 aliphatic carbocycles. The minimum atomic E-state index is -3.35. The zero-order chi connectivity index (χ0) is 17.7. The van der Waals surface area contributed by atoms with Gasteiger partial charge in [0.1, 0.15) is 0 Å². The second kappa shape index (κ2) is 12.5. The molecule has 0 aromatic heterocycles. The highest BCUT2D eigenvalue weighted by Crippen LogP contribution is 2.50. The average molecular weight is 352 g/mol. The van der Waals surface area contributed by atoms with E-state index in [2.05, 4.69) is 0 Å². The largest absolute Gasteiger partial charge is 0.466 e. The first-order valence-electron chi connectivity index (χ1n) is 8.12. The standard InChI is InChI=1S/C15H29O7P/c1-5-19-14(16)11-9-10-13(15(17)20-6-2)12-23(18,21-7-3)22-8-4/h13H,5-12H2,1-4H3. The molecule has 1 unspecified atom stereocenters. The van der Waals surface area contributed by atoms with Crippen molar-refractivity contribution in [2.24, 2.45) is 5.92 Å². The summed E-state index contributed by atoms with van der Waals surface area (Å²) in [6.45, 7) is 7.89. The van der Waals surface area contributed by atoms with E-state index in [9.17, 15) is 14.2 Å². The van der Waals surface area contributed by atoms with Crippen LogP contribution in [0.3, 0.4) is 0 Å². The van der Waals surface area contributed by atoms with E-state index in [0.29, 0.717) is 19.4 Å². The molecule has 0 fully saturated rings. The van der Waals surface area contributed by atoms with Gasteiger partial charge in [-0.15, -0.1) is 0 Å². The van der Waals surface area contributed by atoms with E-state index in [-0.39, 0.29) is 38.4 Å². The van der Waals surface area contributed by atoms with E-state index in [4.69, 9.17) is 18.5 Å². The average Bonchev–Trinajstić information content (AvgIpc) is 2.47. The lowest BCUT2D eigenvalue weighted by atomic mass is 10.0. The van der Waals surface area contributed by atoms with Crippen molar-refractivity contribution in [1.82, 2.24) is 0 Å². The molecule has 136 valence electrons. The Balaban J connectivity index is 4.75. The summed E-state index contributed by atoms with van der Waals surface area (Å²) in [5.41, 5.74) is 0. The summed E-state index contributed by atoms with van der Waals surface area (Å²) in [5.74, 6) is -1.39. The Hall–Kier alpha value is -0.910. The maximum atomic E-state index is 12.6. The van der Waals surface area contributed by atoms with Crippen LogP contribution in [0.25, 0.3) is 0 Å². The van der Waals surface area contributed by atoms with Gasteiger partial charge in [0.2, 0.25) is 0 Å². The fourth-order valence-corrected chi connectivity index (χ4v) is 4.02. The number of carbonyl (C=O) groups excluding carboxylic acids is 2. The van der Waals surface area contributed by atoms with Gasteiger partial charge in [0, 0.05) is 6.42 Å². The van der Waals surface area contributed by atoms with Crippen LogP contribution in [-0.4, -0.2) is 44.5 Å². The van der Waals surface area contributed by atoms with Crippen LogP contribution >= 0.6 is 7.60 Å². The summed E-state index contributed by atoms with van der Waals surface area (Å²) in [5, 5.41) is 0. The molecule has 0 radical (unpaired) electrons. The summed E-state index contributed by atoms with van der Waals surface area (Å²) in [6, 6.07) is 0. The van der Waals surface area contributed by atoms with Crippen LogP contribution in [0.15, 0.2) is 0 Å². The molecule has 0 saturated heterocycles. The predicted molar refractivity (Wildman–Crippen MR) is 86.3 cm³/mol. The van der Waals surface area contributed by atoms with Gasteiger partial charge in [-0.3, -0.25) is 14.2 Å². The molecule has 0 aliphatic heterocycles.